The molecule has 1 aromatic carbocycles. The van der Waals surface area contributed by atoms with Crippen LogP contribution in [0.5, 0.6) is 0 Å². The quantitative estimate of drug-likeness (QED) is 0.642. The first-order valence-electron chi connectivity index (χ1n) is 7.51. The maximum atomic E-state index is 11.9. The molecule has 3 rings (SSSR count). The van der Waals surface area contributed by atoms with Crippen LogP contribution in [0.15, 0.2) is 65.4 Å². The third-order valence-corrected chi connectivity index (χ3v) is 3.80. The summed E-state index contributed by atoms with van der Waals surface area (Å²) in [5.74, 6) is 0.968. The first kappa shape index (κ1) is 17.3. The van der Waals surface area contributed by atoms with Gasteiger partial charge in [-0.25, -0.2) is 0 Å². The van der Waals surface area contributed by atoms with E-state index in [0.29, 0.717) is 28.1 Å². The molecular weight excluding hydrogens is 359 g/mol. The van der Waals surface area contributed by atoms with Crippen molar-refractivity contribution in [3.8, 4) is 11.3 Å². The van der Waals surface area contributed by atoms with Crippen LogP contribution >= 0.6 is 23.2 Å². The molecule has 0 bridgehead atoms. The third kappa shape index (κ3) is 4.95. The number of carbonyl (C=O) groups is 1. The minimum Gasteiger partial charge on any atom is -0.457 e. The van der Waals surface area contributed by atoms with Crippen molar-refractivity contribution in [3.05, 3.63) is 82.3 Å². The van der Waals surface area contributed by atoms with Crippen molar-refractivity contribution in [3.63, 3.8) is 0 Å². The number of nitrogens with one attached hydrogen (secondary N) is 1. The molecule has 1 N–H and O–H groups in total. The highest BCUT2D eigenvalue weighted by Crippen LogP contribution is 2.28. The molecule has 3 aromatic rings. The van der Waals surface area contributed by atoms with Crippen LogP contribution in [0.1, 0.15) is 11.3 Å². The molecule has 2 aromatic heterocycles. The summed E-state index contributed by atoms with van der Waals surface area (Å²) in [6.45, 7) is 0.418. The van der Waals surface area contributed by atoms with Crippen molar-refractivity contribution < 1.29 is 9.21 Å². The van der Waals surface area contributed by atoms with E-state index in [4.69, 9.17) is 27.6 Å². The van der Waals surface area contributed by atoms with Crippen LogP contribution in [0.25, 0.3) is 17.4 Å². The number of amides is 1. The number of halogens is 2. The number of rotatable bonds is 5. The van der Waals surface area contributed by atoms with E-state index in [1.807, 2.05) is 12.1 Å². The van der Waals surface area contributed by atoms with Gasteiger partial charge in [0, 0.05) is 40.6 Å². The van der Waals surface area contributed by atoms with Crippen molar-refractivity contribution in [2.45, 2.75) is 6.54 Å². The fourth-order valence-corrected chi connectivity index (χ4v) is 2.73. The lowest BCUT2D eigenvalue weighted by Crippen LogP contribution is -2.20. The van der Waals surface area contributed by atoms with Gasteiger partial charge in [0.2, 0.25) is 5.91 Å². The van der Waals surface area contributed by atoms with Crippen LogP contribution in [0.2, 0.25) is 10.0 Å². The van der Waals surface area contributed by atoms with Gasteiger partial charge >= 0.3 is 0 Å². The number of pyridine rings is 1. The normalized spacial score (nSPS) is 11.0. The zero-order valence-corrected chi connectivity index (χ0v) is 14.6. The molecule has 0 atom stereocenters. The molecule has 0 aliphatic carbocycles. The zero-order valence-electron chi connectivity index (χ0n) is 13.1. The van der Waals surface area contributed by atoms with Gasteiger partial charge in [0.1, 0.15) is 11.5 Å². The van der Waals surface area contributed by atoms with Crippen molar-refractivity contribution in [1.29, 1.82) is 0 Å². The summed E-state index contributed by atoms with van der Waals surface area (Å²) < 4.78 is 5.70. The van der Waals surface area contributed by atoms with Crippen LogP contribution in [0, 0.1) is 0 Å². The Labute approximate surface area is 155 Å². The van der Waals surface area contributed by atoms with E-state index in [0.717, 1.165) is 11.1 Å². The van der Waals surface area contributed by atoms with Crippen molar-refractivity contribution in [2.24, 2.45) is 0 Å². The number of furan rings is 1. The summed E-state index contributed by atoms with van der Waals surface area (Å²) in [5.41, 5.74) is 1.71. The molecule has 0 aliphatic rings. The van der Waals surface area contributed by atoms with Crippen LogP contribution in [-0.4, -0.2) is 10.9 Å². The molecular formula is C19H14Cl2N2O2. The van der Waals surface area contributed by atoms with E-state index in [-0.39, 0.29) is 5.91 Å². The van der Waals surface area contributed by atoms with E-state index in [1.54, 1.807) is 48.8 Å². The maximum Gasteiger partial charge on any atom is 0.244 e. The Bertz CT molecular complexity index is 885. The van der Waals surface area contributed by atoms with Gasteiger partial charge in [-0.1, -0.05) is 29.3 Å². The Kier molecular flexibility index (Phi) is 5.53. The Balaban J connectivity index is 1.62. The summed E-state index contributed by atoms with van der Waals surface area (Å²) in [6.07, 6.45) is 6.42. The molecule has 25 heavy (non-hydrogen) atoms. The number of hydrogen-bond donors (Lipinski definition) is 1. The molecule has 0 saturated carbocycles. The van der Waals surface area contributed by atoms with Gasteiger partial charge in [-0.05, 0) is 48.0 Å². The highest BCUT2D eigenvalue weighted by Gasteiger charge is 2.06. The number of hydrogen-bond acceptors (Lipinski definition) is 3. The average Bonchev–Trinajstić information content (AvgIpc) is 3.07. The van der Waals surface area contributed by atoms with E-state index >= 15 is 0 Å². The molecule has 0 aliphatic heterocycles. The van der Waals surface area contributed by atoms with E-state index < -0.39 is 0 Å². The molecule has 1 amide bonds. The fraction of sp³-hybridized carbons (Fsp3) is 0.0526. The second-order valence-electron chi connectivity index (χ2n) is 5.27. The maximum absolute atomic E-state index is 11.9. The monoisotopic (exact) mass is 372 g/mol. The first-order chi connectivity index (χ1) is 12.1. The van der Waals surface area contributed by atoms with Crippen molar-refractivity contribution in [1.82, 2.24) is 10.3 Å². The molecule has 126 valence electrons. The number of benzene rings is 1. The van der Waals surface area contributed by atoms with Gasteiger partial charge in [0.05, 0.1) is 0 Å². The summed E-state index contributed by atoms with van der Waals surface area (Å²) in [4.78, 5) is 15.9. The second-order valence-corrected chi connectivity index (χ2v) is 6.15. The smallest absolute Gasteiger partial charge is 0.244 e. The Hall–Kier alpha value is -2.56. The van der Waals surface area contributed by atoms with Crippen LogP contribution in [0.4, 0.5) is 0 Å². The highest BCUT2D eigenvalue weighted by atomic mass is 35.5. The molecule has 0 radical (unpaired) electrons. The number of nitrogens with zero attached hydrogens (tertiary/aromatic N) is 1. The van der Waals surface area contributed by atoms with Crippen LogP contribution in [-0.2, 0) is 11.3 Å². The molecule has 0 unspecified atom stereocenters. The predicted octanol–water partition coefficient (Wildman–Crippen LogP) is 4.98. The number of carbonyl (C=O) groups excluding carboxylic acids is 1. The largest absolute Gasteiger partial charge is 0.457 e. The molecule has 0 fully saturated rings. The van der Waals surface area contributed by atoms with Gasteiger partial charge in [0.15, 0.2) is 0 Å². The lowest BCUT2D eigenvalue weighted by molar-refractivity contribution is -0.116. The Morgan fingerprint density at radius 3 is 2.68 bits per heavy atom. The lowest BCUT2D eigenvalue weighted by atomic mass is 10.2. The zero-order chi connectivity index (χ0) is 17.6. The van der Waals surface area contributed by atoms with Crippen LogP contribution < -0.4 is 5.32 Å². The molecule has 2 heterocycles. The van der Waals surface area contributed by atoms with E-state index in [2.05, 4.69) is 10.3 Å². The summed E-state index contributed by atoms with van der Waals surface area (Å²) in [5, 5.41) is 3.85. The van der Waals surface area contributed by atoms with E-state index in [1.165, 1.54) is 6.08 Å². The van der Waals surface area contributed by atoms with Gasteiger partial charge < -0.3 is 9.73 Å². The Morgan fingerprint density at radius 2 is 1.96 bits per heavy atom. The predicted molar refractivity (Wildman–Crippen MR) is 99.3 cm³/mol. The summed E-state index contributed by atoms with van der Waals surface area (Å²) in [7, 11) is 0. The SMILES string of the molecule is O=C(/C=C/c1ccc(-c2cc(Cl)cc(Cl)c2)o1)NCc1cccnc1. The Morgan fingerprint density at radius 1 is 1.16 bits per heavy atom. The summed E-state index contributed by atoms with van der Waals surface area (Å²) in [6, 6.07) is 12.5. The first-order valence-corrected chi connectivity index (χ1v) is 8.27. The minimum absolute atomic E-state index is 0.215. The highest BCUT2D eigenvalue weighted by molar-refractivity contribution is 6.35. The van der Waals surface area contributed by atoms with Crippen molar-refractivity contribution in [2.75, 3.05) is 0 Å². The minimum atomic E-state index is -0.215. The lowest BCUT2D eigenvalue weighted by Gasteiger charge is -2.01. The molecule has 4 nitrogen and oxygen atoms in total. The van der Waals surface area contributed by atoms with Gasteiger partial charge in [-0.3, -0.25) is 9.78 Å². The molecule has 6 heteroatoms. The van der Waals surface area contributed by atoms with Crippen molar-refractivity contribution >= 4 is 35.2 Å². The van der Waals surface area contributed by atoms with Gasteiger partial charge in [-0.15, -0.1) is 0 Å². The summed E-state index contributed by atoms with van der Waals surface area (Å²) >= 11 is 12.0. The third-order valence-electron chi connectivity index (χ3n) is 3.36. The van der Waals surface area contributed by atoms with Crippen LogP contribution in [0.3, 0.4) is 0 Å². The van der Waals surface area contributed by atoms with Gasteiger partial charge in [-0.2, -0.15) is 0 Å². The number of aromatic nitrogens is 1. The average molecular weight is 373 g/mol. The van der Waals surface area contributed by atoms with E-state index in [9.17, 15) is 4.79 Å². The fourth-order valence-electron chi connectivity index (χ4n) is 2.20. The second kappa shape index (κ2) is 8.01. The molecule has 0 saturated heterocycles. The topological polar surface area (TPSA) is 55.1 Å². The van der Waals surface area contributed by atoms with Gasteiger partial charge in [0.25, 0.3) is 0 Å². The standard InChI is InChI=1S/C19H14Cl2N2O2/c20-15-8-14(9-16(21)10-15)18-5-3-17(25-18)4-6-19(24)23-12-13-2-1-7-22-11-13/h1-11H,12H2,(H,23,24)/b6-4+. The molecule has 0 spiro atoms.